The van der Waals surface area contributed by atoms with Crippen molar-refractivity contribution in [3.63, 3.8) is 0 Å². The summed E-state index contributed by atoms with van der Waals surface area (Å²) in [6.45, 7) is 0.0633. The third-order valence-corrected chi connectivity index (χ3v) is 6.00. The molecule has 0 bridgehead atoms. The molecule has 0 aliphatic carbocycles. The SMILES string of the molecule is CN1C(=O)[C@H](NC(=O)Nc2cccc(C3=C(O)CNC3=O)c2)N=C(c2ccccc2)c2ccccc21. The van der Waals surface area contributed by atoms with E-state index in [0.717, 1.165) is 11.1 Å². The van der Waals surface area contributed by atoms with Gasteiger partial charge < -0.3 is 26.0 Å². The second-order valence-electron chi connectivity index (χ2n) is 8.34. The molecule has 0 spiro atoms. The lowest BCUT2D eigenvalue weighted by molar-refractivity contribution is -0.119. The third-order valence-electron chi connectivity index (χ3n) is 6.00. The van der Waals surface area contributed by atoms with Crippen molar-refractivity contribution in [1.29, 1.82) is 0 Å². The molecule has 0 saturated carbocycles. The summed E-state index contributed by atoms with van der Waals surface area (Å²) in [7, 11) is 1.65. The van der Waals surface area contributed by atoms with E-state index < -0.39 is 18.1 Å². The van der Waals surface area contributed by atoms with Gasteiger partial charge in [-0.2, -0.15) is 0 Å². The number of aliphatic hydroxyl groups excluding tert-OH is 1. The molecular formula is C27H23N5O4. The smallest absolute Gasteiger partial charge is 0.321 e. The molecule has 3 aromatic carbocycles. The van der Waals surface area contributed by atoms with Gasteiger partial charge in [0.2, 0.25) is 6.17 Å². The maximum Gasteiger partial charge on any atom is 0.321 e. The first-order valence-corrected chi connectivity index (χ1v) is 11.3. The zero-order valence-electron chi connectivity index (χ0n) is 19.4. The van der Waals surface area contributed by atoms with Crippen molar-refractivity contribution in [3.8, 4) is 0 Å². The third kappa shape index (κ3) is 4.29. The molecule has 2 aliphatic heterocycles. The minimum absolute atomic E-state index is 0.0592. The molecule has 4 N–H and O–H groups in total. The van der Waals surface area contributed by atoms with Crippen molar-refractivity contribution in [3.05, 3.63) is 101 Å². The van der Waals surface area contributed by atoms with Crippen LogP contribution in [-0.4, -0.2) is 48.4 Å². The number of hydrogen-bond acceptors (Lipinski definition) is 5. The van der Waals surface area contributed by atoms with Gasteiger partial charge in [-0.15, -0.1) is 0 Å². The van der Waals surface area contributed by atoms with Crippen LogP contribution >= 0.6 is 0 Å². The van der Waals surface area contributed by atoms with Crippen LogP contribution in [0.4, 0.5) is 16.2 Å². The number of carbonyl (C=O) groups is 3. The minimum Gasteiger partial charge on any atom is -0.510 e. The van der Waals surface area contributed by atoms with Gasteiger partial charge in [-0.1, -0.05) is 60.7 Å². The number of urea groups is 1. The average Bonchev–Trinajstić information content (AvgIpc) is 3.19. The average molecular weight is 482 g/mol. The van der Waals surface area contributed by atoms with Crippen LogP contribution in [0.25, 0.3) is 5.57 Å². The van der Waals surface area contributed by atoms with Crippen LogP contribution in [0.5, 0.6) is 0 Å². The monoisotopic (exact) mass is 481 g/mol. The number of nitrogens with one attached hydrogen (secondary N) is 3. The number of benzodiazepines with no additional fused rings is 1. The Hall–Kier alpha value is -4.92. The topological polar surface area (TPSA) is 123 Å². The van der Waals surface area contributed by atoms with Gasteiger partial charge in [-0.25, -0.2) is 9.79 Å². The summed E-state index contributed by atoms with van der Waals surface area (Å²) >= 11 is 0. The number of hydrogen-bond donors (Lipinski definition) is 4. The molecule has 2 heterocycles. The molecule has 9 heteroatoms. The number of aliphatic hydroxyl groups is 1. The van der Waals surface area contributed by atoms with E-state index in [4.69, 9.17) is 0 Å². The number of aliphatic imine (C=N–C) groups is 1. The lowest BCUT2D eigenvalue weighted by atomic mass is 10.0. The van der Waals surface area contributed by atoms with Gasteiger partial charge >= 0.3 is 6.03 Å². The van der Waals surface area contributed by atoms with Crippen LogP contribution in [0.3, 0.4) is 0 Å². The van der Waals surface area contributed by atoms with E-state index in [-0.39, 0.29) is 23.8 Å². The van der Waals surface area contributed by atoms with Gasteiger partial charge in [0.25, 0.3) is 11.8 Å². The van der Waals surface area contributed by atoms with Gasteiger partial charge in [-0.3, -0.25) is 9.59 Å². The normalized spacial score (nSPS) is 17.2. The predicted octanol–water partition coefficient (Wildman–Crippen LogP) is 3.05. The molecule has 0 radical (unpaired) electrons. The molecule has 2 aliphatic rings. The van der Waals surface area contributed by atoms with Crippen LogP contribution in [0.2, 0.25) is 0 Å². The van der Waals surface area contributed by atoms with E-state index in [9.17, 15) is 19.5 Å². The highest BCUT2D eigenvalue weighted by Gasteiger charge is 2.31. The highest BCUT2D eigenvalue weighted by Crippen LogP contribution is 2.27. The second-order valence-corrected chi connectivity index (χ2v) is 8.34. The molecule has 4 amide bonds. The lowest BCUT2D eigenvalue weighted by Gasteiger charge is -2.21. The summed E-state index contributed by atoms with van der Waals surface area (Å²) in [5.74, 6) is -0.838. The summed E-state index contributed by atoms with van der Waals surface area (Å²) in [5.41, 5.74) is 3.88. The molecule has 9 nitrogen and oxygen atoms in total. The van der Waals surface area contributed by atoms with Crippen LogP contribution in [0.15, 0.2) is 89.6 Å². The van der Waals surface area contributed by atoms with Gasteiger partial charge in [0, 0.05) is 23.9 Å². The summed E-state index contributed by atoms with van der Waals surface area (Å²) < 4.78 is 0. The Balaban J connectivity index is 1.42. The van der Waals surface area contributed by atoms with E-state index in [0.29, 0.717) is 22.6 Å². The molecule has 0 saturated heterocycles. The number of fused-ring (bicyclic) bond motifs is 1. The fourth-order valence-corrected chi connectivity index (χ4v) is 4.26. The van der Waals surface area contributed by atoms with E-state index in [1.807, 2.05) is 54.6 Å². The highest BCUT2D eigenvalue weighted by molar-refractivity contribution is 6.22. The van der Waals surface area contributed by atoms with Crippen molar-refractivity contribution < 1.29 is 19.5 Å². The number of carbonyl (C=O) groups excluding carboxylic acids is 3. The van der Waals surface area contributed by atoms with Crippen molar-refractivity contribution in [2.75, 3.05) is 23.8 Å². The fourth-order valence-electron chi connectivity index (χ4n) is 4.26. The Kier molecular flexibility index (Phi) is 5.95. The first kappa shape index (κ1) is 22.9. The Bertz CT molecular complexity index is 1430. The Morgan fingerprint density at radius 2 is 1.72 bits per heavy atom. The van der Waals surface area contributed by atoms with Crippen molar-refractivity contribution in [1.82, 2.24) is 10.6 Å². The van der Waals surface area contributed by atoms with Crippen LogP contribution < -0.4 is 20.9 Å². The molecular weight excluding hydrogens is 458 g/mol. The Morgan fingerprint density at radius 1 is 1.00 bits per heavy atom. The molecule has 0 fully saturated rings. The maximum atomic E-state index is 13.3. The number of benzene rings is 3. The van der Waals surface area contributed by atoms with Crippen molar-refractivity contribution in [2.45, 2.75) is 6.17 Å². The van der Waals surface area contributed by atoms with Gasteiger partial charge in [-0.05, 0) is 23.8 Å². The summed E-state index contributed by atoms with van der Waals surface area (Å²) in [6.07, 6.45) is -1.17. The van der Waals surface area contributed by atoms with E-state index in [1.165, 1.54) is 4.90 Å². The largest absolute Gasteiger partial charge is 0.510 e. The number of para-hydroxylation sites is 1. The second kappa shape index (κ2) is 9.38. The van der Waals surface area contributed by atoms with Crippen LogP contribution in [-0.2, 0) is 9.59 Å². The molecule has 1 atom stereocenters. The molecule has 36 heavy (non-hydrogen) atoms. The van der Waals surface area contributed by atoms with Crippen LogP contribution in [0.1, 0.15) is 16.7 Å². The standard InChI is InChI=1S/C27H23N5O4/c1-32-20-13-6-5-12-19(20)23(16-8-3-2-4-9-16)30-24(26(32)35)31-27(36)29-18-11-7-10-17(14-18)22-21(33)15-28-25(22)34/h2-14,24,33H,15H2,1H3,(H,28,34)(H2,29,31,36)/t24-/m0/s1. The number of likely N-dealkylation sites (N-methyl/N-ethyl adjacent to an activating group) is 1. The predicted molar refractivity (Wildman–Crippen MR) is 137 cm³/mol. The van der Waals surface area contributed by atoms with Crippen LogP contribution in [0, 0.1) is 0 Å². The fraction of sp³-hybridized carbons (Fsp3) is 0.111. The highest BCUT2D eigenvalue weighted by atomic mass is 16.3. The number of amides is 4. The Labute approximate surface area is 207 Å². The van der Waals surface area contributed by atoms with Gasteiger partial charge in [0.05, 0.1) is 23.5 Å². The van der Waals surface area contributed by atoms with Gasteiger partial charge in [0.15, 0.2) is 0 Å². The first-order valence-electron chi connectivity index (χ1n) is 11.3. The molecule has 3 aromatic rings. The van der Waals surface area contributed by atoms with Crippen molar-refractivity contribution >= 4 is 40.5 Å². The molecule has 5 rings (SSSR count). The van der Waals surface area contributed by atoms with Gasteiger partial charge in [0.1, 0.15) is 5.76 Å². The van der Waals surface area contributed by atoms with E-state index >= 15 is 0 Å². The van der Waals surface area contributed by atoms with E-state index in [1.54, 1.807) is 31.3 Å². The Morgan fingerprint density at radius 3 is 2.47 bits per heavy atom. The van der Waals surface area contributed by atoms with E-state index in [2.05, 4.69) is 20.9 Å². The summed E-state index contributed by atoms with van der Waals surface area (Å²) in [6, 6.07) is 22.8. The molecule has 0 aromatic heterocycles. The maximum absolute atomic E-state index is 13.3. The first-order chi connectivity index (χ1) is 17.4. The number of anilines is 2. The molecule has 180 valence electrons. The lowest BCUT2D eigenvalue weighted by Crippen LogP contribution is -2.47. The summed E-state index contributed by atoms with van der Waals surface area (Å²) in [4.78, 5) is 44.4. The zero-order chi connectivity index (χ0) is 25.2. The quantitative estimate of drug-likeness (QED) is 0.457. The van der Waals surface area contributed by atoms with Crippen molar-refractivity contribution in [2.24, 2.45) is 4.99 Å². The molecule has 0 unspecified atom stereocenters. The summed E-state index contributed by atoms with van der Waals surface area (Å²) in [5, 5.41) is 17.9. The minimum atomic E-state index is -1.17. The number of rotatable bonds is 4. The number of nitrogens with zero attached hydrogens (tertiary/aromatic N) is 2. The zero-order valence-corrected chi connectivity index (χ0v) is 19.4.